The van der Waals surface area contributed by atoms with Crippen LogP contribution in [0, 0.1) is 5.92 Å². The van der Waals surface area contributed by atoms with Crippen LogP contribution < -0.4 is 0 Å². The SMILES string of the molecule is O=C(OC1CCC2OC2C1)C1CCCC(O)C1. The first-order chi connectivity index (χ1) is 8.22. The van der Waals surface area contributed by atoms with Gasteiger partial charge in [-0.05, 0) is 32.1 Å². The number of aliphatic hydroxyl groups is 1. The molecule has 96 valence electrons. The molecular weight excluding hydrogens is 220 g/mol. The maximum Gasteiger partial charge on any atom is 0.309 e. The molecule has 1 saturated heterocycles. The van der Waals surface area contributed by atoms with Gasteiger partial charge < -0.3 is 14.6 Å². The van der Waals surface area contributed by atoms with Crippen LogP contribution in [0.25, 0.3) is 0 Å². The quantitative estimate of drug-likeness (QED) is 0.585. The highest BCUT2D eigenvalue weighted by molar-refractivity contribution is 5.72. The molecule has 0 aromatic heterocycles. The van der Waals surface area contributed by atoms with E-state index in [1.165, 1.54) is 0 Å². The van der Waals surface area contributed by atoms with Crippen LogP contribution in [-0.4, -0.2) is 35.5 Å². The first-order valence-electron chi connectivity index (χ1n) is 6.76. The van der Waals surface area contributed by atoms with Gasteiger partial charge >= 0.3 is 5.97 Å². The molecular formula is C13H20O4. The van der Waals surface area contributed by atoms with Gasteiger partial charge in [-0.1, -0.05) is 6.42 Å². The maximum atomic E-state index is 12.0. The standard InChI is InChI=1S/C13H20O4/c14-9-3-1-2-8(6-9)13(15)16-10-4-5-11-12(7-10)17-11/h8-12,14H,1-7H2. The summed E-state index contributed by atoms with van der Waals surface area (Å²) in [5.74, 6) is -0.190. The van der Waals surface area contributed by atoms with Crippen LogP contribution in [-0.2, 0) is 14.3 Å². The second-order valence-electron chi connectivity index (χ2n) is 5.60. The lowest BCUT2D eigenvalue weighted by Gasteiger charge is -2.27. The summed E-state index contributed by atoms with van der Waals surface area (Å²) in [6, 6.07) is 0. The highest BCUT2D eigenvalue weighted by atomic mass is 16.6. The van der Waals surface area contributed by atoms with Crippen molar-refractivity contribution in [3.8, 4) is 0 Å². The molecule has 17 heavy (non-hydrogen) atoms. The lowest BCUT2D eigenvalue weighted by atomic mass is 9.87. The third-order valence-corrected chi connectivity index (χ3v) is 4.22. The first kappa shape index (κ1) is 11.5. The molecule has 3 fully saturated rings. The van der Waals surface area contributed by atoms with E-state index in [0.717, 1.165) is 38.5 Å². The Morgan fingerprint density at radius 2 is 2.00 bits per heavy atom. The lowest BCUT2D eigenvalue weighted by molar-refractivity contribution is -0.157. The first-order valence-corrected chi connectivity index (χ1v) is 6.76. The Kier molecular flexibility index (Phi) is 3.09. The number of esters is 1. The van der Waals surface area contributed by atoms with E-state index in [4.69, 9.17) is 9.47 Å². The minimum absolute atomic E-state index is 0.0466. The van der Waals surface area contributed by atoms with Gasteiger partial charge in [0.05, 0.1) is 24.2 Å². The Balaban J connectivity index is 1.48. The number of rotatable bonds is 2. The van der Waals surface area contributed by atoms with Gasteiger partial charge in [-0.25, -0.2) is 0 Å². The molecule has 2 saturated carbocycles. The van der Waals surface area contributed by atoms with Crippen LogP contribution >= 0.6 is 0 Å². The van der Waals surface area contributed by atoms with Gasteiger partial charge in [0.25, 0.3) is 0 Å². The maximum absolute atomic E-state index is 12.0. The summed E-state index contributed by atoms with van der Waals surface area (Å²) in [5.41, 5.74) is 0. The van der Waals surface area contributed by atoms with E-state index in [2.05, 4.69) is 0 Å². The lowest BCUT2D eigenvalue weighted by Crippen LogP contribution is -2.32. The van der Waals surface area contributed by atoms with Gasteiger partial charge in [-0.15, -0.1) is 0 Å². The van der Waals surface area contributed by atoms with Crippen molar-refractivity contribution in [2.45, 2.75) is 69.4 Å². The van der Waals surface area contributed by atoms with Crippen molar-refractivity contribution in [1.82, 2.24) is 0 Å². The zero-order chi connectivity index (χ0) is 11.8. The van der Waals surface area contributed by atoms with Crippen molar-refractivity contribution in [2.24, 2.45) is 5.92 Å². The molecule has 1 N–H and O–H groups in total. The Labute approximate surface area is 101 Å². The van der Waals surface area contributed by atoms with E-state index in [1.54, 1.807) is 0 Å². The summed E-state index contributed by atoms with van der Waals surface area (Å²) < 4.78 is 11.0. The van der Waals surface area contributed by atoms with Crippen molar-refractivity contribution < 1.29 is 19.4 Å². The number of hydrogen-bond acceptors (Lipinski definition) is 4. The molecule has 4 heteroatoms. The molecule has 5 unspecified atom stereocenters. The van der Waals surface area contributed by atoms with Crippen LogP contribution in [0.5, 0.6) is 0 Å². The molecule has 1 aliphatic heterocycles. The molecule has 0 bridgehead atoms. The van der Waals surface area contributed by atoms with E-state index >= 15 is 0 Å². The normalized spacial score (nSPS) is 44.9. The second kappa shape index (κ2) is 4.58. The summed E-state index contributed by atoms with van der Waals surface area (Å²) in [5, 5.41) is 9.56. The molecule has 2 aliphatic carbocycles. The summed E-state index contributed by atoms with van der Waals surface area (Å²) in [7, 11) is 0. The Bertz CT molecular complexity index is 304. The van der Waals surface area contributed by atoms with Crippen molar-refractivity contribution in [2.75, 3.05) is 0 Å². The molecule has 5 atom stereocenters. The zero-order valence-corrected chi connectivity index (χ0v) is 10.0. The largest absolute Gasteiger partial charge is 0.462 e. The third-order valence-electron chi connectivity index (χ3n) is 4.22. The number of hydrogen-bond donors (Lipinski definition) is 1. The predicted molar refractivity (Wildman–Crippen MR) is 60.4 cm³/mol. The fourth-order valence-electron chi connectivity index (χ4n) is 3.11. The smallest absolute Gasteiger partial charge is 0.309 e. The predicted octanol–water partition coefficient (Wildman–Crippen LogP) is 1.40. The number of carbonyl (C=O) groups is 1. The van der Waals surface area contributed by atoms with Crippen LogP contribution in [0.3, 0.4) is 0 Å². The van der Waals surface area contributed by atoms with Crippen LogP contribution in [0.1, 0.15) is 44.9 Å². The summed E-state index contributed by atoms with van der Waals surface area (Å²) in [4.78, 5) is 12.0. The number of carbonyl (C=O) groups excluding carboxylic acids is 1. The van der Waals surface area contributed by atoms with Gasteiger partial charge in [-0.2, -0.15) is 0 Å². The van der Waals surface area contributed by atoms with Crippen molar-refractivity contribution in [3.05, 3.63) is 0 Å². The zero-order valence-electron chi connectivity index (χ0n) is 10.0. The molecule has 0 aromatic rings. The Hall–Kier alpha value is -0.610. The molecule has 3 rings (SSSR count). The van der Waals surface area contributed by atoms with E-state index in [1.807, 2.05) is 0 Å². The Morgan fingerprint density at radius 3 is 2.76 bits per heavy atom. The number of fused-ring (bicyclic) bond motifs is 1. The van der Waals surface area contributed by atoms with Gasteiger partial charge in [0.1, 0.15) is 6.10 Å². The molecule has 4 nitrogen and oxygen atoms in total. The second-order valence-corrected chi connectivity index (χ2v) is 5.60. The van der Waals surface area contributed by atoms with Gasteiger partial charge in [0.15, 0.2) is 0 Å². The third kappa shape index (κ3) is 2.63. The fourth-order valence-corrected chi connectivity index (χ4v) is 3.11. The van der Waals surface area contributed by atoms with E-state index in [0.29, 0.717) is 18.6 Å². The molecule has 0 spiro atoms. The van der Waals surface area contributed by atoms with E-state index < -0.39 is 0 Å². The molecule has 0 aromatic carbocycles. The van der Waals surface area contributed by atoms with Gasteiger partial charge in [-0.3, -0.25) is 4.79 Å². The van der Waals surface area contributed by atoms with Gasteiger partial charge in [0.2, 0.25) is 0 Å². The van der Waals surface area contributed by atoms with E-state index in [9.17, 15) is 9.90 Å². The van der Waals surface area contributed by atoms with Crippen molar-refractivity contribution >= 4 is 5.97 Å². The highest BCUT2D eigenvalue weighted by Gasteiger charge is 2.45. The van der Waals surface area contributed by atoms with Crippen molar-refractivity contribution in [1.29, 1.82) is 0 Å². The summed E-state index contributed by atoms with van der Waals surface area (Å²) >= 11 is 0. The van der Waals surface area contributed by atoms with Crippen LogP contribution in [0.4, 0.5) is 0 Å². The number of aliphatic hydroxyl groups excluding tert-OH is 1. The van der Waals surface area contributed by atoms with E-state index in [-0.39, 0.29) is 24.1 Å². The molecule has 3 aliphatic rings. The highest BCUT2D eigenvalue weighted by Crippen LogP contribution is 2.38. The summed E-state index contributed by atoms with van der Waals surface area (Å²) in [6.07, 6.45) is 6.54. The monoisotopic (exact) mass is 240 g/mol. The Morgan fingerprint density at radius 1 is 1.12 bits per heavy atom. The molecule has 0 radical (unpaired) electrons. The van der Waals surface area contributed by atoms with Crippen LogP contribution in [0.2, 0.25) is 0 Å². The topological polar surface area (TPSA) is 59.1 Å². The van der Waals surface area contributed by atoms with Crippen LogP contribution in [0.15, 0.2) is 0 Å². The number of epoxide rings is 1. The van der Waals surface area contributed by atoms with Gasteiger partial charge in [0, 0.05) is 6.42 Å². The molecule has 1 heterocycles. The minimum Gasteiger partial charge on any atom is -0.462 e. The van der Waals surface area contributed by atoms with Crippen molar-refractivity contribution in [3.63, 3.8) is 0 Å². The molecule has 0 amide bonds. The summed E-state index contributed by atoms with van der Waals surface area (Å²) in [6.45, 7) is 0. The average Bonchev–Trinajstić information content (AvgIpc) is 3.07. The minimum atomic E-state index is -0.316. The fraction of sp³-hybridized carbons (Fsp3) is 0.923. The number of ether oxygens (including phenoxy) is 2. The average molecular weight is 240 g/mol.